The first-order chi connectivity index (χ1) is 12.2. The molecule has 3 aromatic rings. The molecule has 1 aromatic carbocycles. The third-order valence-electron chi connectivity index (χ3n) is 3.46. The van der Waals surface area contributed by atoms with Crippen LogP contribution in [0.3, 0.4) is 0 Å². The second kappa shape index (κ2) is 8.46. The number of methoxy groups -OCH3 is 1. The predicted molar refractivity (Wildman–Crippen MR) is 98.9 cm³/mol. The number of ether oxygens (including phenoxy) is 1. The van der Waals surface area contributed by atoms with Crippen molar-refractivity contribution >= 4 is 40.5 Å². The molecule has 25 heavy (non-hydrogen) atoms. The average molecular weight is 395 g/mol. The summed E-state index contributed by atoms with van der Waals surface area (Å²) in [5.41, 5.74) is 0.538. The van der Waals surface area contributed by atoms with Gasteiger partial charge in [0.2, 0.25) is 5.16 Å². The lowest BCUT2D eigenvalue weighted by atomic mass is 10.1. The van der Waals surface area contributed by atoms with E-state index in [1.165, 1.54) is 23.7 Å². The Morgan fingerprint density at radius 1 is 1.40 bits per heavy atom. The van der Waals surface area contributed by atoms with Crippen molar-refractivity contribution in [1.29, 1.82) is 0 Å². The van der Waals surface area contributed by atoms with Crippen molar-refractivity contribution in [3.05, 3.63) is 51.2 Å². The molecule has 0 unspecified atom stereocenters. The van der Waals surface area contributed by atoms with Crippen molar-refractivity contribution in [2.24, 2.45) is 0 Å². The Bertz CT molecular complexity index is 852. The minimum Gasteiger partial charge on any atom is -0.495 e. The van der Waals surface area contributed by atoms with Gasteiger partial charge in [0.25, 0.3) is 0 Å². The van der Waals surface area contributed by atoms with Crippen LogP contribution in [-0.2, 0) is 13.0 Å². The zero-order valence-electron chi connectivity index (χ0n) is 13.4. The van der Waals surface area contributed by atoms with Crippen molar-refractivity contribution in [3.8, 4) is 5.75 Å². The summed E-state index contributed by atoms with van der Waals surface area (Å²) in [7, 11) is 1.54. The zero-order valence-corrected chi connectivity index (χ0v) is 15.8. The largest absolute Gasteiger partial charge is 0.495 e. The van der Waals surface area contributed by atoms with Crippen molar-refractivity contribution in [2.45, 2.75) is 18.1 Å². The van der Waals surface area contributed by atoms with E-state index in [0.717, 1.165) is 6.42 Å². The maximum Gasteiger partial charge on any atom is 0.209 e. The predicted octanol–water partition coefficient (Wildman–Crippen LogP) is 3.61. The van der Waals surface area contributed by atoms with Crippen LogP contribution >= 0.6 is 34.7 Å². The van der Waals surface area contributed by atoms with E-state index < -0.39 is 0 Å². The molecule has 0 spiro atoms. The van der Waals surface area contributed by atoms with Gasteiger partial charge in [0.05, 0.1) is 24.4 Å². The molecule has 0 fully saturated rings. The summed E-state index contributed by atoms with van der Waals surface area (Å²) in [5, 5.41) is 14.8. The van der Waals surface area contributed by atoms with E-state index in [1.807, 2.05) is 11.4 Å². The van der Waals surface area contributed by atoms with Crippen LogP contribution in [0, 0.1) is 0 Å². The maximum absolute atomic E-state index is 12.4. The fraction of sp³-hybridized carbons (Fsp3) is 0.250. The van der Waals surface area contributed by atoms with Crippen LogP contribution in [0.5, 0.6) is 5.75 Å². The molecule has 0 aliphatic carbocycles. The van der Waals surface area contributed by atoms with Crippen molar-refractivity contribution in [2.75, 3.05) is 12.9 Å². The van der Waals surface area contributed by atoms with Crippen LogP contribution < -0.4 is 4.74 Å². The van der Waals surface area contributed by atoms with Gasteiger partial charge in [-0.3, -0.25) is 4.79 Å². The lowest BCUT2D eigenvalue weighted by molar-refractivity contribution is 0.102. The van der Waals surface area contributed by atoms with E-state index in [1.54, 1.807) is 34.2 Å². The summed E-state index contributed by atoms with van der Waals surface area (Å²) in [5.74, 6) is 0.743. The van der Waals surface area contributed by atoms with Crippen molar-refractivity contribution in [1.82, 2.24) is 20.2 Å². The third kappa shape index (κ3) is 4.59. The SMILES string of the molecule is COc1ccc(C(=O)CSc2nnnn2CCc2cccs2)cc1Cl. The number of carbonyl (C=O) groups is 1. The Labute approximate surface area is 158 Å². The molecule has 0 aliphatic heterocycles. The minimum atomic E-state index is -0.0395. The molecule has 6 nitrogen and oxygen atoms in total. The molecular formula is C16H15ClN4O2S2. The molecule has 0 saturated carbocycles. The molecule has 0 bridgehead atoms. The summed E-state index contributed by atoms with van der Waals surface area (Å²) in [6, 6.07) is 9.11. The van der Waals surface area contributed by atoms with Gasteiger partial charge in [-0.25, -0.2) is 4.68 Å². The normalized spacial score (nSPS) is 10.8. The highest BCUT2D eigenvalue weighted by atomic mass is 35.5. The van der Waals surface area contributed by atoms with Gasteiger partial charge < -0.3 is 4.74 Å². The second-order valence-corrected chi connectivity index (χ2v) is 7.46. The van der Waals surface area contributed by atoms with Crippen molar-refractivity contribution in [3.63, 3.8) is 0 Å². The Kier molecular flexibility index (Phi) is 6.06. The fourth-order valence-corrected chi connectivity index (χ4v) is 3.92. The lowest BCUT2D eigenvalue weighted by Crippen LogP contribution is -2.07. The first kappa shape index (κ1) is 17.9. The molecule has 2 aromatic heterocycles. The molecule has 2 heterocycles. The smallest absolute Gasteiger partial charge is 0.209 e. The maximum atomic E-state index is 12.4. The second-order valence-electron chi connectivity index (χ2n) is 5.08. The highest BCUT2D eigenvalue weighted by molar-refractivity contribution is 7.99. The molecule has 0 saturated heterocycles. The Balaban J connectivity index is 1.59. The molecule has 0 aliphatic rings. The molecule has 0 amide bonds. The van der Waals surface area contributed by atoms with Crippen LogP contribution in [0.2, 0.25) is 5.02 Å². The number of Topliss-reactive ketones (excluding diaryl/α,β-unsaturated/α-hetero) is 1. The van der Waals surface area contributed by atoms with Gasteiger partial charge in [-0.05, 0) is 40.1 Å². The molecule has 3 rings (SSSR count). The number of tetrazole rings is 1. The summed E-state index contributed by atoms with van der Waals surface area (Å²) in [6.45, 7) is 0.679. The van der Waals surface area contributed by atoms with Gasteiger partial charge in [-0.1, -0.05) is 29.4 Å². The topological polar surface area (TPSA) is 69.9 Å². The summed E-state index contributed by atoms with van der Waals surface area (Å²) >= 11 is 9.09. The number of benzene rings is 1. The number of aryl methyl sites for hydroxylation is 2. The Morgan fingerprint density at radius 3 is 3.00 bits per heavy atom. The number of hydrogen-bond donors (Lipinski definition) is 0. The molecule has 9 heteroatoms. The Hall–Kier alpha value is -1.90. The standard InChI is InChI=1S/C16H15ClN4O2S2/c1-23-15-5-4-11(9-13(15)17)14(22)10-25-16-18-19-20-21(16)7-6-12-3-2-8-24-12/h2-5,8-9H,6-7,10H2,1H3. The molecular weight excluding hydrogens is 380 g/mol. The highest BCUT2D eigenvalue weighted by Gasteiger charge is 2.13. The van der Waals surface area contributed by atoms with E-state index >= 15 is 0 Å². The van der Waals surface area contributed by atoms with Gasteiger partial charge in [0, 0.05) is 16.9 Å². The number of rotatable bonds is 8. The van der Waals surface area contributed by atoms with Crippen LogP contribution in [0.15, 0.2) is 40.9 Å². The van der Waals surface area contributed by atoms with Gasteiger partial charge in [0.1, 0.15) is 5.75 Å². The van der Waals surface area contributed by atoms with E-state index in [-0.39, 0.29) is 11.5 Å². The van der Waals surface area contributed by atoms with Crippen LogP contribution in [0.25, 0.3) is 0 Å². The summed E-state index contributed by atoms with van der Waals surface area (Å²) in [6.07, 6.45) is 0.859. The Morgan fingerprint density at radius 2 is 2.28 bits per heavy atom. The molecule has 0 radical (unpaired) electrons. The molecule has 130 valence electrons. The van der Waals surface area contributed by atoms with Gasteiger partial charge in [-0.2, -0.15) is 0 Å². The third-order valence-corrected chi connectivity index (χ3v) is 5.64. The number of aromatic nitrogens is 4. The quantitative estimate of drug-likeness (QED) is 0.429. The number of carbonyl (C=O) groups excluding carboxylic acids is 1. The number of hydrogen-bond acceptors (Lipinski definition) is 7. The van der Waals surface area contributed by atoms with Crippen molar-refractivity contribution < 1.29 is 9.53 Å². The van der Waals surface area contributed by atoms with E-state index in [0.29, 0.717) is 28.0 Å². The highest BCUT2D eigenvalue weighted by Crippen LogP contribution is 2.26. The van der Waals surface area contributed by atoms with Gasteiger partial charge in [0.15, 0.2) is 5.78 Å². The molecule has 0 N–H and O–H groups in total. The summed E-state index contributed by atoms with van der Waals surface area (Å²) < 4.78 is 6.82. The van der Waals surface area contributed by atoms with E-state index in [2.05, 4.69) is 21.6 Å². The van der Waals surface area contributed by atoms with Gasteiger partial charge in [-0.15, -0.1) is 16.4 Å². The number of thiophene rings is 1. The van der Waals surface area contributed by atoms with Crippen LogP contribution in [0.4, 0.5) is 0 Å². The fourth-order valence-electron chi connectivity index (χ4n) is 2.16. The van der Waals surface area contributed by atoms with Gasteiger partial charge >= 0.3 is 0 Å². The number of thioether (sulfide) groups is 1. The average Bonchev–Trinajstić information content (AvgIpc) is 3.29. The number of halogens is 1. The number of nitrogens with zero attached hydrogens (tertiary/aromatic N) is 4. The number of ketones is 1. The van der Waals surface area contributed by atoms with E-state index in [4.69, 9.17) is 16.3 Å². The first-order valence-electron chi connectivity index (χ1n) is 7.45. The zero-order chi connectivity index (χ0) is 17.6. The first-order valence-corrected chi connectivity index (χ1v) is 9.70. The van der Waals surface area contributed by atoms with Crippen LogP contribution in [-0.4, -0.2) is 38.9 Å². The molecule has 0 atom stereocenters. The lowest BCUT2D eigenvalue weighted by Gasteiger charge is -2.06. The summed E-state index contributed by atoms with van der Waals surface area (Å²) in [4.78, 5) is 13.6. The van der Waals surface area contributed by atoms with Crippen LogP contribution in [0.1, 0.15) is 15.2 Å². The minimum absolute atomic E-state index is 0.0395. The van der Waals surface area contributed by atoms with E-state index in [9.17, 15) is 4.79 Å². The monoisotopic (exact) mass is 394 g/mol.